The first kappa shape index (κ1) is 13.0. The molecular weight excluding hydrogens is 297 g/mol. The molecule has 0 aliphatic rings. The van der Waals surface area contributed by atoms with Gasteiger partial charge in [-0.15, -0.1) is 8.19 Å². The van der Waals surface area contributed by atoms with E-state index >= 15 is 0 Å². The van der Waals surface area contributed by atoms with Gasteiger partial charge in [-0.3, -0.25) is 0 Å². The van der Waals surface area contributed by atoms with Crippen molar-refractivity contribution in [1.29, 1.82) is 0 Å². The van der Waals surface area contributed by atoms with Gasteiger partial charge in [-0.05, 0) is 35.1 Å². The van der Waals surface area contributed by atoms with Crippen LogP contribution in [0.2, 0.25) is 0 Å². The molecule has 0 fully saturated rings. The van der Waals surface area contributed by atoms with E-state index in [0.29, 0.717) is 0 Å². The zero-order chi connectivity index (χ0) is 15.4. The van der Waals surface area contributed by atoms with Gasteiger partial charge in [0.25, 0.3) is 0 Å². The molecule has 5 aromatic rings. The van der Waals surface area contributed by atoms with Gasteiger partial charge in [-0.2, -0.15) is 0 Å². The predicted molar refractivity (Wildman–Crippen MR) is 101 cm³/mol. The highest BCUT2D eigenvalue weighted by molar-refractivity contribution is 7.44. The van der Waals surface area contributed by atoms with E-state index in [9.17, 15) is 0 Å². The topological polar surface area (TPSA) is 4.93 Å². The van der Waals surface area contributed by atoms with E-state index in [1.807, 2.05) is 0 Å². The lowest BCUT2D eigenvalue weighted by molar-refractivity contribution is 1.12. The highest BCUT2D eigenvalue weighted by atomic mass is 31.0. The van der Waals surface area contributed by atoms with Crippen molar-refractivity contribution in [3.05, 3.63) is 78.5 Å². The number of para-hydroxylation sites is 1. The van der Waals surface area contributed by atoms with E-state index in [2.05, 4.69) is 84.4 Å². The molecule has 1 radical (unpaired) electrons. The van der Waals surface area contributed by atoms with Gasteiger partial charge in [0.1, 0.15) is 0 Å². The van der Waals surface area contributed by atoms with Crippen molar-refractivity contribution < 1.29 is 0 Å². The average Bonchev–Trinajstić information content (AvgIpc) is 3.13. The van der Waals surface area contributed by atoms with Crippen LogP contribution in [0.15, 0.2) is 66.7 Å². The maximum absolute atomic E-state index is 3.55. The minimum absolute atomic E-state index is 0.749. The highest BCUT2D eigenvalue weighted by Gasteiger charge is 2.12. The maximum atomic E-state index is 3.55. The molecule has 0 aliphatic heterocycles. The van der Waals surface area contributed by atoms with Gasteiger partial charge < -0.3 is 4.57 Å². The van der Waals surface area contributed by atoms with Gasteiger partial charge in [0.05, 0.1) is 17.4 Å². The minimum Gasteiger partial charge on any atom is -0.307 e. The Morgan fingerprint density at radius 2 is 1.52 bits per heavy atom. The van der Waals surface area contributed by atoms with Gasteiger partial charge in [-0.25, -0.2) is 0 Å². The Bertz CT molecular complexity index is 1180. The Balaban J connectivity index is 1.96. The van der Waals surface area contributed by atoms with Crippen molar-refractivity contribution in [2.45, 2.75) is 6.92 Å². The van der Waals surface area contributed by atoms with Crippen LogP contribution >= 0.6 is 8.19 Å². The minimum atomic E-state index is 0.749. The Labute approximate surface area is 136 Å². The number of fused-ring (bicyclic) bond motifs is 4. The number of benzene rings is 3. The van der Waals surface area contributed by atoms with Crippen molar-refractivity contribution in [2.24, 2.45) is 0 Å². The molecule has 0 N–H and O–H groups in total. The van der Waals surface area contributed by atoms with Crippen molar-refractivity contribution in [3.8, 4) is 5.69 Å². The molecule has 0 bridgehead atoms. The maximum Gasteiger partial charge on any atom is 0.0742 e. The summed E-state index contributed by atoms with van der Waals surface area (Å²) in [4.78, 5) is 0. The Morgan fingerprint density at radius 3 is 2.43 bits per heavy atom. The molecule has 0 amide bonds. The number of hydrogen-bond acceptors (Lipinski definition) is 0. The smallest absolute Gasteiger partial charge is 0.0742 e. The fourth-order valence-electron chi connectivity index (χ4n) is 3.53. The first-order chi connectivity index (χ1) is 11.3. The van der Waals surface area contributed by atoms with E-state index in [1.54, 1.807) is 0 Å². The molecule has 1 atom stereocenters. The summed E-state index contributed by atoms with van der Waals surface area (Å²) in [5.74, 6) is 0. The summed E-state index contributed by atoms with van der Waals surface area (Å²) >= 11 is 0. The number of rotatable bonds is 1. The highest BCUT2D eigenvalue weighted by Crippen LogP contribution is 2.41. The summed E-state index contributed by atoms with van der Waals surface area (Å²) in [6.45, 7) is 2.14. The molecule has 1 unspecified atom stereocenters. The van der Waals surface area contributed by atoms with Crippen LogP contribution in [0, 0.1) is 13.1 Å². The first-order valence-electron chi connectivity index (χ1n) is 7.82. The average molecular weight is 312 g/mol. The zero-order valence-corrected chi connectivity index (χ0v) is 13.8. The predicted octanol–water partition coefficient (Wildman–Crippen LogP) is 6.08. The molecule has 0 aliphatic carbocycles. The van der Waals surface area contributed by atoms with E-state index in [0.717, 1.165) is 8.19 Å². The molecule has 1 nitrogen and oxygen atoms in total. The quantitative estimate of drug-likeness (QED) is 0.353. The van der Waals surface area contributed by atoms with E-state index in [-0.39, 0.29) is 0 Å². The molecule has 5 rings (SSSR count). The van der Waals surface area contributed by atoms with Crippen LogP contribution in [0.1, 0.15) is 5.56 Å². The molecule has 2 heteroatoms. The third kappa shape index (κ3) is 1.81. The van der Waals surface area contributed by atoms with Gasteiger partial charge in [0.2, 0.25) is 0 Å². The molecule has 23 heavy (non-hydrogen) atoms. The largest absolute Gasteiger partial charge is 0.307 e. The fourth-order valence-corrected chi connectivity index (χ4v) is 4.91. The molecule has 0 saturated carbocycles. The SMILES string of the molecule is Cc1[c]n(-c2cccc3[pH]c4ccccc4c23)c2ccccc12. The van der Waals surface area contributed by atoms with Gasteiger partial charge in [-0.1, -0.05) is 54.6 Å². The molecule has 0 saturated heterocycles. The first-order valence-corrected chi connectivity index (χ1v) is 8.82. The number of nitrogens with zero attached hydrogens (tertiary/aromatic N) is 1. The van der Waals surface area contributed by atoms with E-state index < -0.39 is 0 Å². The van der Waals surface area contributed by atoms with Crippen LogP contribution in [0.5, 0.6) is 0 Å². The van der Waals surface area contributed by atoms with Crippen LogP contribution in [0.4, 0.5) is 0 Å². The number of hydrogen-bond donors (Lipinski definition) is 0. The molecular formula is C21H15NP. The summed E-state index contributed by atoms with van der Waals surface area (Å²) in [6.07, 6.45) is 3.55. The van der Waals surface area contributed by atoms with Crippen LogP contribution in [0.3, 0.4) is 0 Å². The van der Waals surface area contributed by atoms with Gasteiger partial charge in [0.15, 0.2) is 0 Å². The summed E-state index contributed by atoms with van der Waals surface area (Å²) in [7, 11) is 0.749. The van der Waals surface area contributed by atoms with Crippen molar-refractivity contribution in [1.82, 2.24) is 4.57 Å². The van der Waals surface area contributed by atoms with Gasteiger partial charge >= 0.3 is 0 Å². The Morgan fingerprint density at radius 1 is 0.783 bits per heavy atom. The summed E-state index contributed by atoms with van der Waals surface area (Å²) in [5, 5.41) is 6.91. The second-order valence-electron chi connectivity index (χ2n) is 5.96. The lowest BCUT2D eigenvalue weighted by atomic mass is 10.1. The van der Waals surface area contributed by atoms with Crippen molar-refractivity contribution >= 4 is 40.1 Å². The fraction of sp³-hybridized carbons (Fsp3) is 0.0476. The van der Waals surface area contributed by atoms with E-state index in [4.69, 9.17) is 0 Å². The number of aryl methyl sites for hydroxylation is 1. The van der Waals surface area contributed by atoms with Crippen LogP contribution in [-0.4, -0.2) is 4.57 Å². The van der Waals surface area contributed by atoms with Gasteiger partial charge in [0, 0.05) is 15.9 Å². The third-order valence-corrected chi connectivity index (χ3v) is 5.97. The second kappa shape index (κ2) is 4.75. The third-order valence-electron chi connectivity index (χ3n) is 4.58. The summed E-state index contributed by atoms with van der Waals surface area (Å²) < 4.78 is 2.23. The molecule has 109 valence electrons. The van der Waals surface area contributed by atoms with Crippen LogP contribution < -0.4 is 0 Å². The second-order valence-corrected chi connectivity index (χ2v) is 7.29. The zero-order valence-electron chi connectivity index (χ0n) is 12.8. The normalized spacial score (nSPS) is 12.0. The van der Waals surface area contributed by atoms with Crippen molar-refractivity contribution in [3.63, 3.8) is 0 Å². The summed E-state index contributed by atoms with van der Waals surface area (Å²) in [6, 6.07) is 24.0. The molecule has 3 aromatic carbocycles. The lowest BCUT2D eigenvalue weighted by Crippen LogP contribution is -1.92. The van der Waals surface area contributed by atoms with Crippen LogP contribution in [-0.2, 0) is 0 Å². The monoisotopic (exact) mass is 312 g/mol. The van der Waals surface area contributed by atoms with Crippen LogP contribution in [0.25, 0.3) is 37.6 Å². The lowest BCUT2D eigenvalue weighted by Gasteiger charge is -2.07. The molecule has 2 aromatic heterocycles. The Kier molecular flexibility index (Phi) is 2.68. The molecule has 2 heterocycles. The molecule has 0 spiro atoms. The van der Waals surface area contributed by atoms with Crippen molar-refractivity contribution in [2.75, 3.05) is 0 Å². The Hall–Kier alpha value is -2.50. The van der Waals surface area contributed by atoms with E-state index in [1.165, 1.54) is 43.2 Å². The number of aromatic nitrogens is 1. The summed E-state index contributed by atoms with van der Waals surface area (Å²) in [5.41, 5.74) is 3.67. The standard InChI is InChI=1S/C21H15NP/c1-14-13-22(17-9-4-2-7-15(14)17)18-10-6-12-20-21(18)16-8-3-5-11-19(16)23-20/h2-12,23H,1H3.